The normalized spacial score (nSPS) is 14.9. The summed E-state index contributed by atoms with van der Waals surface area (Å²) in [5, 5.41) is 6.19. The molecular formula is C26H29F2N5O4S. The van der Waals surface area contributed by atoms with Gasteiger partial charge in [0.15, 0.2) is 5.82 Å². The van der Waals surface area contributed by atoms with E-state index in [0.717, 1.165) is 6.20 Å². The molecule has 4 rings (SSSR count). The molecule has 4 bridgehead atoms. The van der Waals surface area contributed by atoms with Crippen LogP contribution in [0, 0.1) is 11.6 Å². The summed E-state index contributed by atoms with van der Waals surface area (Å²) in [5.74, 6) is -0.555. The van der Waals surface area contributed by atoms with Crippen molar-refractivity contribution in [2.45, 2.75) is 38.5 Å². The Bertz CT molecular complexity index is 1460. The topological polar surface area (TPSA) is 115 Å². The van der Waals surface area contributed by atoms with Gasteiger partial charge in [-0.3, -0.25) is 0 Å². The summed E-state index contributed by atoms with van der Waals surface area (Å²) in [5.41, 5.74) is 1.92. The predicted molar refractivity (Wildman–Crippen MR) is 142 cm³/mol. The summed E-state index contributed by atoms with van der Waals surface area (Å²) >= 11 is 0. The van der Waals surface area contributed by atoms with Gasteiger partial charge in [-0.05, 0) is 62.6 Å². The van der Waals surface area contributed by atoms with Crippen LogP contribution >= 0.6 is 0 Å². The number of anilines is 3. The van der Waals surface area contributed by atoms with Gasteiger partial charge in [-0.2, -0.15) is 0 Å². The van der Waals surface area contributed by atoms with Gasteiger partial charge >= 0.3 is 6.09 Å². The van der Waals surface area contributed by atoms with E-state index in [4.69, 9.17) is 9.47 Å². The first-order valence-corrected chi connectivity index (χ1v) is 14.2. The van der Waals surface area contributed by atoms with Crippen LogP contribution in [0.4, 0.5) is 30.9 Å². The second-order valence-electron chi connectivity index (χ2n) is 9.18. The number of rotatable bonds is 3. The minimum absolute atomic E-state index is 0.00606. The van der Waals surface area contributed by atoms with Crippen molar-refractivity contribution >= 4 is 33.1 Å². The Balaban J connectivity index is 1.71. The lowest BCUT2D eigenvalue weighted by Crippen LogP contribution is -2.11. The number of carbonyl (C=O) groups excluding carboxylic acids is 1. The molecule has 2 heterocycles. The van der Waals surface area contributed by atoms with Crippen LogP contribution in [0.1, 0.15) is 32.3 Å². The lowest BCUT2D eigenvalue weighted by Gasteiger charge is -2.14. The molecule has 1 unspecified atom stereocenters. The zero-order valence-electron chi connectivity index (χ0n) is 21.3. The number of ether oxygens (including phenoxy) is 2. The van der Waals surface area contributed by atoms with E-state index in [-0.39, 0.29) is 23.5 Å². The highest BCUT2D eigenvalue weighted by molar-refractivity contribution is 7.92. The molecule has 1 aromatic heterocycles. The van der Waals surface area contributed by atoms with Gasteiger partial charge in [-0.1, -0.05) is 0 Å². The molecule has 0 fully saturated rings. The summed E-state index contributed by atoms with van der Waals surface area (Å²) < 4.78 is 56.5. The van der Waals surface area contributed by atoms with Gasteiger partial charge in [0, 0.05) is 35.8 Å². The van der Waals surface area contributed by atoms with Gasteiger partial charge in [0.1, 0.15) is 17.3 Å². The number of nitrogens with zero attached hydrogens (tertiary/aromatic N) is 3. The van der Waals surface area contributed by atoms with E-state index in [9.17, 15) is 17.8 Å². The fraction of sp³-hybridized carbons (Fsp3) is 0.346. The average molecular weight is 546 g/mol. The maximum absolute atomic E-state index is 14.8. The molecule has 38 heavy (non-hydrogen) atoms. The number of fused-ring (bicyclic) bond motifs is 6. The molecule has 9 nitrogen and oxygen atoms in total. The zero-order chi connectivity index (χ0) is 27.3. The largest absolute Gasteiger partial charge is 0.494 e. The molecule has 2 N–H and O–H groups in total. The van der Waals surface area contributed by atoms with Crippen LogP contribution in [0.15, 0.2) is 47.0 Å². The first-order valence-electron chi connectivity index (χ1n) is 12.1. The highest BCUT2D eigenvalue weighted by atomic mass is 32.2. The fourth-order valence-electron chi connectivity index (χ4n) is 3.88. The number of amides is 1. The molecule has 1 amide bonds. The maximum Gasteiger partial charge on any atom is 0.442 e. The van der Waals surface area contributed by atoms with E-state index >= 15 is 0 Å². The molecule has 1 aliphatic heterocycles. The Kier molecular flexibility index (Phi) is 8.40. The van der Waals surface area contributed by atoms with Crippen molar-refractivity contribution in [3.05, 3.63) is 59.8 Å². The Hall–Kier alpha value is -3.80. The van der Waals surface area contributed by atoms with Gasteiger partial charge in [-0.15, -0.1) is 4.36 Å². The first-order chi connectivity index (χ1) is 18.1. The van der Waals surface area contributed by atoms with Crippen LogP contribution in [0.3, 0.4) is 0 Å². The summed E-state index contributed by atoms with van der Waals surface area (Å²) in [7, 11) is -2.96. The molecule has 0 radical (unpaired) electrons. The molecule has 0 spiro atoms. The van der Waals surface area contributed by atoms with Crippen molar-refractivity contribution in [2.75, 3.05) is 30.0 Å². The third-order valence-electron chi connectivity index (χ3n) is 5.40. The van der Waals surface area contributed by atoms with Crippen LogP contribution < -0.4 is 15.4 Å². The highest BCUT2D eigenvalue weighted by Gasteiger charge is 2.17. The Morgan fingerprint density at radius 3 is 2.82 bits per heavy atom. The van der Waals surface area contributed by atoms with Crippen molar-refractivity contribution in [3.63, 3.8) is 0 Å². The molecule has 0 aliphatic carbocycles. The van der Waals surface area contributed by atoms with Crippen LogP contribution in [0.25, 0.3) is 11.3 Å². The average Bonchev–Trinajstić information content (AvgIpc) is 2.81. The molecule has 2 aromatic carbocycles. The van der Waals surface area contributed by atoms with E-state index in [1.807, 2.05) is 0 Å². The van der Waals surface area contributed by atoms with E-state index in [2.05, 4.69) is 25.0 Å². The lowest BCUT2D eigenvalue weighted by atomic mass is 10.1. The second kappa shape index (κ2) is 11.7. The SMILES string of the molecule is CC(C)OC(=O)N=S(C)(=O)Cc1cc2cc(c1)OCCCCNc1cc(F)ccc1-c1nc(ncc1F)N2. The predicted octanol–water partition coefficient (Wildman–Crippen LogP) is 5.89. The minimum Gasteiger partial charge on any atom is -0.494 e. The summed E-state index contributed by atoms with van der Waals surface area (Å²) in [6.07, 6.45) is 2.55. The smallest absolute Gasteiger partial charge is 0.442 e. The van der Waals surface area contributed by atoms with Crippen molar-refractivity contribution in [2.24, 2.45) is 4.36 Å². The summed E-state index contributed by atoms with van der Waals surface area (Å²) in [4.78, 5) is 20.3. The molecule has 0 saturated carbocycles. The fourth-order valence-corrected chi connectivity index (χ4v) is 5.08. The highest BCUT2D eigenvalue weighted by Crippen LogP contribution is 2.31. The monoisotopic (exact) mass is 545 g/mol. The standard InChI is InChI=1S/C26H29F2N5O4S/c1-16(2)37-26(34)33-38(3,35)15-17-10-19-13-20(11-17)36-9-5-4-8-29-23-12-18(27)6-7-21(23)24-22(28)14-30-25(31-19)32-24/h6-7,10-14,16,29H,4-5,8-9,15H2,1-3H3,(H,30,31,32). The molecule has 3 aromatic rings. The van der Waals surface area contributed by atoms with Gasteiger partial charge in [0.25, 0.3) is 0 Å². The molecule has 0 saturated heterocycles. The number of hydrogen-bond donors (Lipinski definition) is 2. The van der Waals surface area contributed by atoms with Gasteiger partial charge in [0.05, 0.1) is 34.4 Å². The van der Waals surface area contributed by atoms with Crippen molar-refractivity contribution in [1.82, 2.24) is 9.97 Å². The van der Waals surface area contributed by atoms with E-state index in [0.29, 0.717) is 54.2 Å². The van der Waals surface area contributed by atoms with Crippen LogP contribution in [-0.2, 0) is 20.2 Å². The van der Waals surface area contributed by atoms with E-state index in [1.54, 1.807) is 32.0 Å². The third-order valence-corrected chi connectivity index (χ3v) is 6.80. The maximum atomic E-state index is 14.8. The van der Waals surface area contributed by atoms with Crippen LogP contribution in [-0.4, -0.2) is 45.8 Å². The first kappa shape index (κ1) is 27.2. The van der Waals surface area contributed by atoms with Gasteiger partial charge < -0.3 is 20.1 Å². The summed E-state index contributed by atoms with van der Waals surface area (Å²) in [6, 6.07) is 9.17. The van der Waals surface area contributed by atoms with Crippen LogP contribution in [0.5, 0.6) is 5.75 Å². The Morgan fingerprint density at radius 2 is 2.03 bits per heavy atom. The number of aromatic nitrogens is 2. The quantitative estimate of drug-likeness (QED) is 0.419. The molecule has 202 valence electrons. The lowest BCUT2D eigenvalue weighted by molar-refractivity contribution is 0.126. The van der Waals surface area contributed by atoms with Gasteiger partial charge in [-0.25, -0.2) is 27.8 Å². The van der Waals surface area contributed by atoms with E-state index < -0.39 is 27.5 Å². The summed E-state index contributed by atoms with van der Waals surface area (Å²) in [6.45, 7) is 4.27. The number of carbonyl (C=O) groups is 1. The minimum atomic E-state index is -2.96. The van der Waals surface area contributed by atoms with E-state index in [1.165, 1.54) is 24.5 Å². The molecule has 1 aliphatic rings. The Labute approximate surface area is 220 Å². The zero-order valence-corrected chi connectivity index (χ0v) is 22.1. The number of hydrogen-bond acceptors (Lipinski definition) is 8. The Morgan fingerprint density at radius 1 is 1.21 bits per heavy atom. The second-order valence-corrected chi connectivity index (χ2v) is 11.6. The molecule has 1 atom stereocenters. The number of halogens is 2. The molecular weight excluding hydrogens is 516 g/mol. The van der Waals surface area contributed by atoms with Crippen molar-refractivity contribution < 1.29 is 27.3 Å². The molecule has 12 heteroatoms. The number of nitrogens with one attached hydrogen (secondary N) is 2. The number of benzene rings is 2. The van der Waals surface area contributed by atoms with Crippen molar-refractivity contribution in [1.29, 1.82) is 0 Å². The van der Waals surface area contributed by atoms with Crippen molar-refractivity contribution in [3.8, 4) is 17.0 Å². The van der Waals surface area contributed by atoms with Crippen LogP contribution in [0.2, 0.25) is 0 Å². The van der Waals surface area contributed by atoms with Gasteiger partial charge in [0.2, 0.25) is 5.95 Å². The third kappa shape index (κ3) is 7.37.